The smallest absolute Gasteiger partial charge is 0.0396 e. The molecule has 0 amide bonds. The van der Waals surface area contributed by atoms with Gasteiger partial charge in [-0.1, -0.05) is 36.4 Å². The van der Waals surface area contributed by atoms with Gasteiger partial charge in [0.1, 0.15) is 0 Å². The van der Waals surface area contributed by atoms with Crippen molar-refractivity contribution < 1.29 is 0 Å². The highest BCUT2D eigenvalue weighted by Gasteiger charge is 2.17. The second kappa shape index (κ2) is 10.9. The standard InChI is InChI=1S/C19H24N2S.2ClH/c1-17-7-5-6-10-19(17)21-13-11-20(12-14-21)15-16-22-18-8-3-2-4-9-18;;/h2-10H,11-16H2,1H3;2*1H. The average Bonchev–Trinajstić information content (AvgIpc) is 2.57. The Hall–Kier alpha value is -0.870. The summed E-state index contributed by atoms with van der Waals surface area (Å²) in [5, 5.41) is 0. The summed E-state index contributed by atoms with van der Waals surface area (Å²) in [4.78, 5) is 6.49. The average molecular weight is 385 g/mol. The van der Waals surface area contributed by atoms with Gasteiger partial charge in [-0.25, -0.2) is 0 Å². The molecule has 2 nitrogen and oxygen atoms in total. The molecule has 0 bridgehead atoms. The number of anilines is 1. The quantitative estimate of drug-likeness (QED) is 0.686. The Morgan fingerprint density at radius 2 is 1.46 bits per heavy atom. The van der Waals surface area contributed by atoms with Gasteiger partial charge in [0.25, 0.3) is 0 Å². The fourth-order valence-corrected chi connectivity index (χ4v) is 3.87. The molecule has 2 aromatic carbocycles. The van der Waals surface area contributed by atoms with E-state index in [1.165, 1.54) is 41.5 Å². The molecule has 1 heterocycles. The number of benzene rings is 2. The van der Waals surface area contributed by atoms with Crippen LogP contribution in [0.25, 0.3) is 0 Å². The minimum absolute atomic E-state index is 0. The highest BCUT2D eigenvalue weighted by molar-refractivity contribution is 7.99. The molecule has 0 aromatic heterocycles. The predicted octanol–water partition coefficient (Wildman–Crippen LogP) is 4.75. The van der Waals surface area contributed by atoms with Crippen molar-refractivity contribution in [2.45, 2.75) is 11.8 Å². The lowest BCUT2D eigenvalue weighted by Gasteiger charge is -2.36. The van der Waals surface area contributed by atoms with Crippen LogP contribution >= 0.6 is 36.6 Å². The van der Waals surface area contributed by atoms with Gasteiger partial charge in [-0.2, -0.15) is 0 Å². The fraction of sp³-hybridized carbons (Fsp3) is 0.368. The minimum atomic E-state index is 0. The Morgan fingerprint density at radius 1 is 0.833 bits per heavy atom. The Bertz CT molecular complexity index is 587. The molecule has 1 aliphatic rings. The minimum Gasteiger partial charge on any atom is -0.369 e. The number of hydrogen-bond donors (Lipinski definition) is 0. The maximum Gasteiger partial charge on any atom is 0.0396 e. The first kappa shape index (κ1) is 21.2. The van der Waals surface area contributed by atoms with Crippen LogP contribution in [0.4, 0.5) is 5.69 Å². The van der Waals surface area contributed by atoms with E-state index >= 15 is 0 Å². The molecule has 0 radical (unpaired) electrons. The molecular formula is C19H26Cl2N2S. The van der Waals surface area contributed by atoms with E-state index in [-0.39, 0.29) is 24.8 Å². The van der Waals surface area contributed by atoms with Crippen LogP contribution in [0.3, 0.4) is 0 Å². The van der Waals surface area contributed by atoms with Gasteiger partial charge in [-0.05, 0) is 30.7 Å². The van der Waals surface area contributed by atoms with Crippen LogP contribution in [-0.2, 0) is 0 Å². The molecule has 0 aliphatic carbocycles. The molecule has 0 unspecified atom stereocenters. The molecule has 0 N–H and O–H groups in total. The lowest BCUT2D eigenvalue weighted by molar-refractivity contribution is 0.273. The Morgan fingerprint density at radius 3 is 2.12 bits per heavy atom. The number of halogens is 2. The molecule has 0 spiro atoms. The number of hydrogen-bond acceptors (Lipinski definition) is 3. The number of rotatable bonds is 5. The van der Waals surface area contributed by atoms with Crippen molar-refractivity contribution in [1.82, 2.24) is 4.90 Å². The van der Waals surface area contributed by atoms with Crippen LogP contribution in [-0.4, -0.2) is 43.4 Å². The van der Waals surface area contributed by atoms with E-state index in [4.69, 9.17) is 0 Å². The molecule has 0 atom stereocenters. The number of nitrogens with zero attached hydrogens (tertiary/aromatic N) is 2. The Kier molecular flexibility index (Phi) is 9.60. The number of piperazine rings is 1. The summed E-state index contributed by atoms with van der Waals surface area (Å²) in [6.07, 6.45) is 0. The highest BCUT2D eigenvalue weighted by atomic mass is 35.5. The summed E-state index contributed by atoms with van der Waals surface area (Å²) in [7, 11) is 0. The van der Waals surface area contributed by atoms with E-state index < -0.39 is 0 Å². The molecule has 1 saturated heterocycles. The summed E-state index contributed by atoms with van der Waals surface area (Å²) in [6.45, 7) is 8.01. The molecule has 0 saturated carbocycles. The molecule has 24 heavy (non-hydrogen) atoms. The van der Waals surface area contributed by atoms with Crippen molar-refractivity contribution in [3.05, 3.63) is 60.2 Å². The molecule has 132 valence electrons. The zero-order valence-electron chi connectivity index (χ0n) is 14.1. The van der Waals surface area contributed by atoms with Gasteiger partial charge in [-0.15, -0.1) is 36.6 Å². The summed E-state index contributed by atoms with van der Waals surface area (Å²) in [6, 6.07) is 19.4. The van der Waals surface area contributed by atoms with Crippen molar-refractivity contribution >= 4 is 42.3 Å². The number of aryl methyl sites for hydroxylation is 1. The van der Waals surface area contributed by atoms with E-state index in [2.05, 4.69) is 71.3 Å². The van der Waals surface area contributed by atoms with E-state index in [0.717, 1.165) is 13.1 Å². The highest BCUT2D eigenvalue weighted by Crippen LogP contribution is 2.21. The van der Waals surface area contributed by atoms with Crippen molar-refractivity contribution in [2.24, 2.45) is 0 Å². The third kappa shape index (κ3) is 5.89. The van der Waals surface area contributed by atoms with Gasteiger partial charge in [0, 0.05) is 49.1 Å². The lowest BCUT2D eigenvalue weighted by atomic mass is 10.1. The summed E-state index contributed by atoms with van der Waals surface area (Å²) < 4.78 is 0. The Labute approximate surface area is 162 Å². The van der Waals surface area contributed by atoms with Gasteiger partial charge >= 0.3 is 0 Å². The van der Waals surface area contributed by atoms with Crippen molar-refractivity contribution in [3.8, 4) is 0 Å². The number of para-hydroxylation sites is 1. The van der Waals surface area contributed by atoms with Crippen molar-refractivity contribution in [1.29, 1.82) is 0 Å². The largest absolute Gasteiger partial charge is 0.369 e. The molecule has 1 aliphatic heterocycles. The summed E-state index contributed by atoms with van der Waals surface area (Å²) in [5.74, 6) is 1.17. The maximum absolute atomic E-state index is 2.59. The van der Waals surface area contributed by atoms with Crippen LogP contribution in [0.2, 0.25) is 0 Å². The van der Waals surface area contributed by atoms with E-state index in [1.54, 1.807) is 0 Å². The lowest BCUT2D eigenvalue weighted by Crippen LogP contribution is -2.47. The normalized spacial score (nSPS) is 14.6. The first-order chi connectivity index (χ1) is 10.8. The van der Waals surface area contributed by atoms with Crippen LogP contribution in [0.15, 0.2) is 59.5 Å². The molecular weight excluding hydrogens is 359 g/mol. The summed E-state index contributed by atoms with van der Waals surface area (Å²) >= 11 is 1.96. The van der Waals surface area contributed by atoms with Gasteiger partial charge in [-0.3, -0.25) is 4.90 Å². The van der Waals surface area contributed by atoms with Crippen LogP contribution in [0.5, 0.6) is 0 Å². The molecule has 1 fully saturated rings. The zero-order chi connectivity index (χ0) is 15.2. The van der Waals surface area contributed by atoms with Gasteiger partial charge < -0.3 is 4.90 Å². The first-order valence-electron chi connectivity index (χ1n) is 8.04. The SMILES string of the molecule is Cc1ccccc1N1CCN(CCSc2ccccc2)CC1.Cl.Cl. The molecule has 3 rings (SSSR count). The second-order valence-corrected chi connectivity index (χ2v) is 6.95. The van der Waals surface area contributed by atoms with Crippen molar-refractivity contribution in [2.75, 3.05) is 43.4 Å². The maximum atomic E-state index is 2.59. The first-order valence-corrected chi connectivity index (χ1v) is 9.02. The van der Waals surface area contributed by atoms with Gasteiger partial charge in [0.2, 0.25) is 0 Å². The van der Waals surface area contributed by atoms with Gasteiger partial charge in [0.05, 0.1) is 0 Å². The molecule has 2 aromatic rings. The topological polar surface area (TPSA) is 6.48 Å². The van der Waals surface area contributed by atoms with E-state index in [9.17, 15) is 0 Å². The third-order valence-electron chi connectivity index (χ3n) is 4.25. The van der Waals surface area contributed by atoms with E-state index in [0.29, 0.717) is 0 Å². The fourth-order valence-electron chi connectivity index (χ4n) is 2.94. The van der Waals surface area contributed by atoms with E-state index in [1.807, 2.05) is 11.8 Å². The van der Waals surface area contributed by atoms with Crippen molar-refractivity contribution in [3.63, 3.8) is 0 Å². The third-order valence-corrected chi connectivity index (χ3v) is 5.24. The molecule has 5 heteroatoms. The monoisotopic (exact) mass is 384 g/mol. The van der Waals surface area contributed by atoms with Crippen LogP contribution in [0, 0.1) is 6.92 Å². The Balaban J connectivity index is 0.00000144. The predicted molar refractivity (Wildman–Crippen MR) is 111 cm³/mol. The number of thioether (sulfide) groups is 1. The second-order valence-electron chi connectivity index (χ2n) is 5.78. The van der Waals surface area contributed by atoms with Crippen LogP contribution in [0.1, 0.15) is 5.56 Å². The van der Waals surface area contributed by atoms with Gasteiger partial charge in [0.15, 0.2) is 0 Å². The van der Waals surface area contributed by atoms with Crippen LogP contribution < -0.4 is 4.90 Å². The summed E-state index contributed by atoms with van der Waals surface area (Å²) in [5.41, 5.74) is 2.79. The zero-order valence-corrected chi connectivity index (χ0v) is 16.5.